The van der Waals surface area contributed by atoms with E-state index in [0.717, 1.165) is 12.1 Å². The molecular formula is C10H11F3O4S. The number of para-hydroxylation sites is 1. The summed E-state index contributed by atoms with van der Waals surface area (Å²) in [5.74, 6) is -0.814. The summed E-state index contributed by atoms with van der Waals surface area (Å²) in [7, 11) is -4.29. The standard InChI is InChI=1S/C10H11F3O4S/c1-7(2)17-18(14,15)9-6-4-3-5-8(9)16-10(11,12)13/h3-7H,1-2H3. The molecule has 1 aromatic rings. The maximum absolute atomic E-state index is 12.1. The third-order valence-electron chi connectivity index (χ3n) is 1.66. The quantitative estimate of drug-likeness (QED) is 0.798. The number of benzene rings is 1. The van der Waals surface area contributed by atoms with Gasteiger partial charge in [-0.15, -0.1) is 13.2 Å². The van der Waals surface area contributed by atoms with Crippen LogP contribution >= 0.6 is 0 Å². The van der Waals surface area contributed by atoms with Gasteiger partial charge in [-0.25, -0.2) is 0 Å². The van der Waals surface area contributed by atoms with Crippen molar-refractivity contribution in [3.05, 3.63) is 24.3 Å². The van der Waals surface area contributed by atoms with Crippen LogP contribution in [0.5, 0.6) is 5.75 Å². The highest BCUT2D eigenvalue weighted by Crippen LogP contribution is 2.30. The van der Waals surface area contributed by atoms with Gasteiger partial charge < -0.3 is 4.74 Å². The molecule has 0 saturated carbocycles. The fourth-order valence-electron chi connectivity index (χ4n) is 1.17. The molecule has 0 amide bonds. The van der Waals surface area contributed by atoms with Crippen molar-refractivity contribution in [3.63, 3.8) is 0 Å². The van der Waals surface area contributed by atoms with E-state index < -0.39 is 33.2 Å². The third-order valence-corrected chi connectivity index (χ3v) is 3.18. The van der Waals surface area contributed by atoms with Gasteiger partial charge in [0.1, 0.15) is 4.90 Å². The van der Waals surface area contributed by atoms with Crippen molar-refractivity contribution >= 4 is 10.1 Å². The molecule has 0 saturated heterocycles. The largest absolute Gasteiger partial charge is 0.573 e. The number of rotatable bonds is 4. The van der Waals surface area contributed by atoms with Crippen molar-refractivity contribution in [2.24, 2.45) is 0 Å². The average Bonchev–Trinajstić information content (AvgIpc) is 2.13. The number of alkyl halides is 3. The summed E-state index contributed by atoms with van der Waals surface area (Å²) < 4.78 is 67.9. The highest BCUT2D eigenvalue weighted by atomic mass is 32.2. The highest BCUT2D eigenvalue weighted by Gasteiger charge is 2.34. The fourth-order valence-corrected chi connectivity index (χ4v) is 2.38. The van der Waals surface area contributed by atoms with E-state index in [9.17, 15) is 21.6 Å². The minimum absolute atomic E-state index is 0.656. The number of hydrogen-bond acceptors (Lipinski definition) is 4. The molecular weight excluding hydrogens is 273 g/mol. The molecule has 4 nitrogen and oxygen atoms in total. The van der Waals surface area contributed by atoms with Crippen LogP contribution in [0.25, 0.3) is 0 Å². The summed E-state index contributed by atoms with van der Waals surface area (Å²) in [5, 5.41) is 0. The second-order valence-electron chi connectivity index (χ2n) is 3.59. The number of hydrogen-bond donors (Lipinski definition) is 0. The lowest BCUT2D eigenvalue weighted by atomic mass is 10.3. The molecule has 0 N–H and O–H groups in total. The molecule has 0 bridgehead atoms. The van der Waals surface area contributed by atoms with E-state index >= 15 is 0 Å². The Balaban J connectivity index is 3.17. The van der Waals surface area contributed by atoms with Crippen LogP contribution in [0.15, 0.2) is 29.2 Å². The zero-order chi connectivity index (χ0) is 14.0. The Hall–Kier alpha value is -1.28. The smallest absolute Gasteiger partial charge is 0.404 e. The Morgan fingerprint density at radius 3 is 2.22 bits per heavy atom. The molecule has 0 aliphatic carbocycles. The van der Waals surface area contributed by atoms with Crippen molar-refractivity contribution in [1.29, 1.82) is 0 Å². The van der Waals surface area contributed by atoms with Gasteiger partial charge in [0.15, 0.2) is 5.75 Å². The lowest BCUT2D eigenvalue weighted by Crippen LogP contribution is -2.20. The van der Waals surface area contributed by atoms with Crippen LogP contribution in [0.1, 0.15) is 13.8 Å². The third kappa shape index (κ3) is 4.19. The number of ether oxygens (including phenoxy) is 1. The van der Waals surface area contributed by atoms with Gasteiger partial charge in [-0.3, -0.25) is 4.18 Å². The molecule has 1 aromatic carbocycles. The lowest BCUT2D eigenvalue weighted by Gasteiger charge is -2.14. The maximum Gasteiger partial charge on any atom is 0.573 e. The molecule has 0 fully saturated rings. The van der Waals surface area contributed by atoms with E-state index in [0.29, 0.717) is 0 Å². The van der Waals surface area contributed by atoms with Crippen molar-refractivity contribution < 1.29 is 30.5 Å². The molecule has 18 heavy (non-hydrogen) atoms. The Labute approximate surface area is 102 Å². The van der Waals surface area contributed by atoms with Gasteiger partial charge in [0.25, 0.3) is 0 Å². The topological polar surface area (TPSA) is 52.6 Å². The predicted molar refractivity (Wildman–Crippen MR) is 56.5 cm³/mol. The van der Waals surface area contributed by atoms with Crippen LogP contribution < -0.4 is 4.74 Å². The van der Waals surface area contributed by atoms with E-state index in [4.69, 9.17) is 0 Å². The molecule has 0 spiro atoms. The summed E-state index contributed by atoms with van der Waals surface area (Å²) in [6, 6.07) is 4.40. The first-order valence-corrected chi connectivity index (χ1v) is 6.31. The molecule has 0 radical (unpaired) electrons. The molecule has 0 unspecified atom stereocenters. The normalized spacial score (nSPS) is 12.8. The lowest BCUT2D eigenvalue weighted by molar-refractivity contribution is -0.275. The molecule has 102 valence electrons. The van der Waals surface area contributed by atoms with Gasteiger partial charge in [0.2, 0.25) is 0 Å². The first-order chi connectivity index (χ1) is 8.12. The molecule has 8 heteroatoms. The van der Waals surface area contributed by atoms with E-state index in [1.54, 1.807) is 0 Å². The average molecular weight is 284 g/mol. The van der Waals surface area contributed by atoms with Crippen molar-refractivity contribution in [2.75, 3.05) is 0 Å². The summed E-state index contributed by atoms with van der Waals surface area (Å²) in [6.07, 6.45) is -5.65. The van der Waals surface area contributed by atoms with E-state index in [2.05, 4.69) is 8.92 Å². The SMILES string of the molecule is CC(C)OS(=O)(=O)c1ccccc1OC(F)(F)F. The highest BCUT2D eigenvalue weighted by molar-refractivity contribution is 7.86. The molecule has 0 heterocycles. The Kier molecular flexibility index (Phi) is 4.23. The van der Waals surface area contributed by atoms with Crippen LogP contribution in [0.3, 0.4) is 0 Å². The predicted octanol–water partition coefficient (Wildman–Crippen LogP) is 2.70. The Morgan fingerprint density at radius 2 is 1.72 bits per heavy atom. The van der Waals surface area contributed by atoms with Crippen LogP contribution in [0.2, 0.25) is 0 Å². The molecule has 0 aliphatic heterocycles. The van der Waals surface area contributed by atoms with E-state index in [1.165, 1.54) is 26.0 Å². The Morgan fingerprint density at radius 1 is 1.17 bits per heavy atom. The maximum atomic E-state index is 12.1. The molecule has 0 atom stereocenters. The molecule has 1 rings (SSSR count). The first-order valence-electron chi connectivity index (χ1n) is 4.90. The van der Waals surface area contributed by atoms with Crippen molar-refractivity contribution in [2.45, 2.75) is 31.2 Å². The monoisotopic (exact) mass is 284 g/mol. The number of halogens is 3. The van der Waals surface area contributed by atoms with Crippen LogP contribution in [0, 0.1) is 0 Å². The zero-order valence-electron chi connectivity index (χ0n) is 9.56. The summed E-state index contributed by atoms with van der Waals surface area (Å²) in [4.78, 5) is -0.656. The summed E-state index contributed by atoms with van der Waals surface area (Å²) in [6.45, 7) is 2.90. The van der Waals surface area contributed by atoms with Crippen LogP contribution in [-0.2, 0) is 14.3 Å². The van der Waals surface area contributed by atoms with Crippen molar-refractivity contribution in [3.8, 4) is 5.75 Å². The van der Waals surface area contributed by atoms with Gasteiger partial charge in [0, 0.05) is 0 Å². The second kappa shape index (κ2) is 5.15. The first kappa shape index (κ1) is 14.8. The minimum Gasteiger partial charge on any atom is -0.404 e. The fraction of sp³-hybridized carbons (Fsp3) is 0.400. The summed E-state index contributed by atoms with van der Waals surface area (Å²) >= 11 is 0. The van der Waals surface area contributed by atoms with E-state index in [1.807, 2.05) is 0 Å². The van der Waals surface area contributed by atoms with Gasteiger partial charge in [-0.2, -0.15) is 8.42 Å². The van der Waals surface area contributed by atoms with Crippen molar-refractivity contribution in [1.82, 2.24) is 0 Å². The zero-order valence-corrected chi connectivity index (χ0v) is 10.4. The Bertz CT molecular complexity index is 508. The minimum atomic E-state index is -4.97. The van der Waals surface area contributed by atoms with Gasteiger partial charge in [0.05, 0.1) is 6.10 Å². The van der Waals surface area contributed by atoms with Crippen LogP contribution in [-0.4, -0.2) is 20.9 Å². The second-order valence-corrected chi connectivity index (χ2v) is 5.13. The van der Waals surface area contributed by atoms with Gasteiger partial charge in [-0.05, 0) is 26.0 Å². The summed E-state index contributed by atoms with van der Waals surface area (Å²) in [5.41, 5.74) is 0. The van der Waals surface area contributed by atoms with Crippen LogP contribution in [0.4, 0.5) is 13.2 Å². The van der Waals surface area contributed by atoms with E-state index in [-0.39, 0.29) is 0 Å². The van der Waals surface area contributed by atoms with Gasteiger partial charge in [-0.1, -0.05) is 12.1 Å². The van der Waals surface area contributed by atoms with Gasteiger partial charge >= 0.3 is 16.5 Å². The molecule has 0 aromatic heterocycles. The molecule has 0 aliphatic rings.